The van der Waals surface area contributed by atoms with E-state index in [4.69, 9.17) is 23.2 Å². The molecule has 39 heavy (non-hydrogen) atoms. The molecule has 4 aliphatic heterocycles. The summed E-state index contributed by atoms with van der Waals surface area (Å²) in [7, 11) is 0. The number of likely N-dealkylation sites (tertiary alicyclic amines) is 1. The topological polar surface area (TPSA) is 76.2 Å². The number of piperazine rings is 1. The van der Waals surface area contributed by atoms with Crippen molar-refractivity contribution in [2.75, 3.05) is 44.2 Å². The van der Waals surface area contributed by atoms with Crippen LogP contribution in [0.3, 0.4) is 0 Å². The molecule has 4 heterocycles. The molecule has 0 aromatic heterocycles. The maximum absolute atomic E-state index is 13.0. The Hall–Kier alpha value is -2.65. The van der Waals surface area contributed by atoms with E-state index in [0.29, 0.717) is 34.6 Å². The van der Waals surface area contributed by atoms with Crippen LogP contribution >= 0.6 is 23.2 Å². The molecule has 2 aromatic rings. The zero-order valence-electron chi connectivity index (χ0n) is 21.9. The molecule has 0 radical (unpaired) electrons. The van der Waals surface area contributed by atoms with Crippen LogP contribution in [0.25, 0.3) is 0 Å². The first-order chi connectivity index (χ1) is 18.9. The number of halogens is 2. The first kappa shape index (κ1) is 26.6. The van der Waals surface area contributed by atoms with Crippen molar-refractivity contribution in [2.45, 2.75) is 50.9 Å². The van der Waals surface area contributed by atoms with Crippen LogP contribution in [-0.2, 0) is 22.7 Å². The smallest absolute Gasteiger partial charge is 0.255 e. The number of hydrogen-bond acceptors (Lipinski definition) is 6. The molecule has 10 heteroatoms. The third-order valence-corrected chi connectivity index (χ3v) is 9.46. The number of hydrogen-bond donors (Lipinski definition) is 1. The molecule has 0 saturated carbocycles. The van der Waals surface area contributed by atoms with E-state index in [1.54, 1.807) is 4.90 Å². The van der Waals surface area contributed by atoms with E-state index in [2.05, 4.69) is 26.1 Å². The largest absolute Gasteiger partial charge is 0.368 e. The summed E-state index contributed by atoms with van der Waals surface area (Å²) >= 11 is 12.7. The van der Waals surface area contributed by atoms with Crippen LogP contribution in [0.4, 0.5) is 5.69 Å². The second-order valence-corrected chi connectivity index (χ2v) is 11.8. The van der Waals surface area contributed by atoms with Gasteiger partial charge in [0.15, 0.2) is 0 Å². The summed E-state index contributed by atoms with van der Waals surface area (Å²) in [5, 5.41) is 3.61. The molecule has 8 nitrogen and oxygen atoms in total. The van der Waals surface area contributed by atoms with Crippen LogP contribution < -0.4 is 10.2 Å². The number of benzene rings is 2. The van der Waals surface area contributed by atoms with E-state index in [9.17, 15) is 14.4 Å². The van der Waals surface area contributed by atoms with Gasteiger partial charge in [-0.05, 0) is 61.7 Å². The van der Waals surface area contributed by atoms with Crippen LogP contribution in [0.1, 0.15) is 47.2 Å². The Morgan fingerprint density at radius 1 is 0.897 bits per heavy atom. The number of piperidine rings is 2. The van der Waals surface area contributed by atoms with Gasteiger partial charge in [-0.3, -0.25) is 29.5 Å². The number of nitrogens with one attached hydrogen (secondary N) is 1. The lowest BCUT2D eigenvalue weighted by Gasteiger charge is -2.43. The van der Waals surface area contributed by atoms with E-state index in [-0.39, 0.29) is 24.1 Å². The fraction of sp³-hybridized carbons (Fsp3) is 0.483. The van der Waals surface area contributed by atoms with Gasteiger partial charge in [0.1, 0.15) is 6.04 Å². The number of imide groups is 1. The Kier molecular flexibility index (Phi) is 7.55. The predicted molar refractivity (Wildman–Crippen MR) is 151 cm³/mol. The number of fused-ring (bicyclic) bond motifs is 1. The lowest BCUT2D eigenvalue weighted by Crippen LogP contribution is -2.53. The Morgan fingerprint density at radius 3 is 2.41 bits per heavy atom. The molecule has 0 spiro atoms. The van der Waals surface area contributed by atoms with Gasteiger partial charge in [-0.25, -0.2) is 0 Å². The Bertz CT molecular complexity index is 1290. The maximum Gasteiger partial charge on any atom is 0.255 e. The zero-order chi connectivity index (χ0) is 27.1. The lowest BCUT2D eigenvalue weighted by molar-refractivity contribution is -0.136. The summed E-state index contributed by atoms with van der Waals surface area (Å²) in [6.45, 7) is 7.31. The molecular weight excluding hydrogens is 537 g/mol. The van der Waals surface area contributed by atoms with E-state index in [1.165, 1.54) is 5.56 Å². The number of rotatable bonds is 5. The van der Waals surface area contributed by atoms with Crippen LogP contribution in [0.2, 0.25) is 10.0 Å². The molecular formula is C29H33Cl2N5O3. The summed E-state index contributed by atoms with van der Waals surface area (Å²) in [5.74, 6) is -0.758. The van der Waals surface area contributed by atoms with Gasteiger partial charge in [0.05, 0.1) is 15.7 Å². The SMILES string of the molecule is O=C1CCC(N2Cc3cc(CN4CCC(N5CCN(c6cccc(Cl)c6Cl)CC5)CC4)ccc3C2=O)C(=O)N1. The molecule has 1 atom stereocenters. The first-order valence-corrected chi connectivity index (χ1v) is 14.5. The molecule has 3 fully saturated rings. The minimum atomic E-state index is -0.575. The quantitative estimate of drug-likeness (QED) is 0.555. The molecule has 0 aliphatic carbocycles. The van der Waals surface area contributed by atoms with Crippen molar-refractivity contribution < 1.29 is 14.4 Å². The summed E-state index contributed by atoms with van der Waals surface area (Å²) in [5.41, 5.74) is 3.85. The molecule has 1 unspecified atom stereocenters. The second kappa shape index (κ2) is 11.1. The molecule has 206 valence electrons. The zero-order valence-corrected chi connectivity index (χ0v) is 23.4. The van der Waals surface area contributed by atoms with Crippen molar-refractivity contribution in [2.24, 2.45) is 0 Å². The molecule has 2 aromatic carbocycles. The average Bonchev–Trinajstić information content (AvgIpc) is 3.26. The maximum atomic E-state index is 13.0. The van der Waals surface area contributed by atoms with Crippen molar-refractivity contribution in [1.82, 2.24) is 20.0 Å². The predicted octanol–water partition coefficient (Wildman–Crippen LogP) is 3.54. The normalized spacial score (nSPS) is 23.3. The number of amides is 3. The van der Waals surface area contributed by atoms with Gasteiger partial charge in [-0.15, -0.1) is 0 Å². The van der Waals surface area contributed by atoms with E-state index in [0.717, 1.165) is 69.9 Å². The van der Waals surface area contributed by atoms with Gasteiger partial charge in [-0.1, -0.05) is 41.4 Å². The summed E-state index contributed by atoms with van der Waals surface area (Å²) in [6, 6.07) is 11.9. The van der Waals surface area contributed by atoms with Gasteiger partial charge in [-0.2, -0.15) is 0 Å². The van der Waals surface area contributed by atoms with Crippen LogP contribution in [-0.4, -0.2) is 83.8 Å². The molecule has 1 N–H and O–H groups in total. The van der Waals surface area contributed by atoms with Gasteiger partial charge in [0, 0.05) is 57.3 Å². The van der Waals surface area contributed by atoms with Crippen molar-refractivity contribution in [1.29, 1.82) is 0 Å². The standard InChI is InChI=1S/C29H33Cl2N5O3/c30-23-2-1-3-24(27(23)31)35-14-12-34(13-15-35)21-8-10-33(11-9-21)17-19-4-5-22-20(16-19)18-36(29(22)39)25-6-7-26(37)32-28(25)38/h1-5,16,21,25H,6-15,17-18H2,(H,32,37,38). The van der Waals surface area contributed by atoms with E-state index in [1.807, 2.05) is 30.3 Å². The Morgan fingerprint density at radius 2 is 1.67 bits per heavy atom. The third kappa shape index (κ3) is 5.40. The van der Waals surface area contributed by atoms with Crippen LogP contribution in [0.5, 0.6) is 0 Å². The third-order valence-electron chi connectivity index (χ3n) is 8.65. The molecule has 4 aliphatic rings. The molecule has 3 amide bonds. The summed E-state index contributed by atoms with van der Waals surface area (Å²) in [6.07, 6.45) is 2.94. The fourth-order valence-electron chi connectivity index (χ4n) is 6.49. The molecule has 3 saturated heterocycles. The Labute approximate surface area is 238 Å². The number of carbonyl (C=O) groups excluding carboxylic acids is 3. The highest BCUT2D eigenvalue weighted by Gasteiger charge is 2.39. The lowest BCUT2D eigenvalue weighted by atomic mass is 10.0. The summed E-state index contributed by atoms with van der Waals surface area (Å²) in [4.78, 5) is 45.9. The highest BCUT2D eigenvalue weighted by Crippen LogP contribution is 2.34. The van der Waals surface area contributed by atoms with Gasteiger partial charge < -0.3 is 9.80 Å². The fourth-order valence-corrected chi connectivity index (χ4v) is 6.91. The first-order valence-electron chi connectivity index (χ1n) is 13.8. The van der Waals surface area contributed by atoms with Crippen molar-refractivity contribution in [3.63, 3.8) is 0 Å². The van der Waals surface area contributed by atoms with Gasteiger partial charge >= 0.3 is 0 Å². The highest BCUT2D eigenvalue weighted by atomic mass is 35.5. The number of nitrogens with zero attached hydrogens (tertiary/aromatic N) is 4. The summed E-state index contributed by atoms with van der Waals surface area (Å²) < 4.78 is 0. The van der Waals surface area contributed by atoms with Gasteiger partial charge in [0.25, 0.3) is 5.91 Å². The number of carbonyl (C=O) groups is 3. The van der Waals surface area contributed by atoms with E-state index < -0.39 is 6.04 Å². The molecule has 6 rings (SSSR count). The highest BCUT2D eigenvalue weighted by molar-refractivity contribution is 6.43. The van der Waals surface area contributed by atoms with E-state index >= 15 is 0 Å². The van der Waals surface area contributed by atoms with Crippen LogP contribution in [0.15, 0.2) is 36.4 Å². The minimum absolute atomic E-state index is 0.121. The van der Waals surface area contributed by atoms with Crippen molar-refractivity contribution in [3.05, 3.63) is 63.1 Å². The van der Waals surface area contributed by atoms with Crippen molar-refractivity contribution in [3.8, 4) is 0 Å². The van der Waals surface area contributed by atoms with Crippen LogP contribution in [0, 0.1) is 0 Å². The van der Waals surface area contributed by atoms with Gasteiger partial charge in [0.2, 0.25) is 11.8 Å². The second-order valence-electron chi connectivity index (χ2n) is 11.0. The minimum Gasteiger partial charge on any atom is -0.368 e. The number of anilines is 1. The Balaban J connectivity index is 1.00. The average molecular weight is 571 g/mol. The van der Waals surface area contributed by atoms with Crippen molar-refractivity contribution >= 4 is 46.6 Å². The monoisotopic (exact) mass is 569 g/mol. The molecule has 0 bridgehead atoms.